The molecular formula is C20H18F6O5S. The van der Waals surface area contributed by atoms with Crippen LogP contribution in [0.3, 0.4) is 0 Å². The van der Waals surface area contributed by atoms with Crippen molar-refractivity contribution in [1.29, 1.82) is 0 Å². The van der Waals surface area contributed by atoms with E-state index in [4.69, 9.17) is 0 Å². The van der Waals surface area contributed by atoms with E-state index < -0.39 is 45.0 Å². The second-order valence-corrected chi connectivity index (χ2v) is 8.91. The van der Waals surface area contributed by atoms with Crippen molar-refractivity contribution in [2.75, 3.05) is 0 Å². The molecule has 176 valence electrons. The predicted molar refractivity (Wildman–Crippen MR) is 102 cm³/mol. The van der Waals surface area contributed by atoms with Gasteiger partial charge in [-0.15, -0.1) is 0 Å². The van der Waals surface area contributed by atoms with Crippen LogP contribution in [0.4, 0.5) is 26.3 Å². The van der Waals surface area contributed by atoms with Crippen LogP contribution >= 0.6 is 0 Å². The minimum atomic E-state index is -6.06. The molecule has 2 aromatic carbocycles. The van der Waals surface area contributed by atoms with Gasteiger partial charge in [0.2, 0.25) is 0 Å². The van der Waals surface area contributed by atoms with Crippen LogP contribution < -0.4 is 4.18 Å². The monoisotopic (exact) mass is 484 g/mol. The van der Waals surface area contributed by atoms with Crippen molar-refractivity contribution >= 4 is 16.1 Å². The molecule has 2 aromatic rings. The maximum Gasteiger partial charge on any atom is 0.534 e. The van der Waals surface area contributed by atoms with Gasteiger partial charge in [0.15, 0.2) is 0 Å². The Kier molecular flexibility index (Phi) is 7.18. The normalized spacial score (nSPS) is 13.8. The Balaban J connectivity index is 2.64. The van der Waals surface area contributed by atoms with Crippen molar-refractivity contribution in [2.45, 2.75) is 37.9 Å². The fraction of sp³-hybridized carbons (Fsp3) is 0.350. The van der Waals surface area contributed by atoms with Crippen molar-refractivity contribution in [3.63, 3.8) is 0 Å². The van der Waals surface area contributed by atoms with E-state index in [0.717, 1.165) is 36.4 Å². The highest BCUT2D eigenvalue weighted by Gasteiger charge is 2.48. The fourth-order valence-electron chi connectivity index (χ4n) is 2.91. The van der Waals surface area contributed by atoms with Crippen LogP contribution in [-0.4, -0.2) is 25.0 Å². The Hall–Kier alpha value is -2.76. The zero-order chi connectivity index (χ0) is 24.5. The van der Waals surface area contributed by atoms with Crippen molar-refractivity contribution in [1.82, 2.24) is 0 Å². The summed E-state index contributed by atoms with van der Waals surface area (Å²) in [4.78, 5) is 11.7. The molecule has 0 aliphatic heterocycles. The van der Waals surface area contributed by atoms with Crippen LogP contribution in [0.2, 0.25) is 0 Å². The third-order valence-electron chi connectivity index (χ3n) is 4.37. The first-order valence-corrected chi connectivity index (χ1v) is 10.5. The van der Waals surface area contributed by atoms with Gasteiger partial charge in [-0.25, -0.2) is 0 Å². The van der Waals surface area contributed by atoms with E-state index in [-0.39, 0.29) is 29.0 Å². The summed E-state index contributed by atoms with van der Waals surface area (Å²) in [6.45, 7) is 3.42. The maximum atomic E-state index is 12.8. The number of rotatable bonds is 7. The molecule has 0 bridgehead atoms. The molecule has 1 N–H and O–H groups in total. The number of alkyl halides is 6. The Labute approximate surface area is 179 Å². The van der Waals surface area contributed by atoms with Crippen LogP contribution in [0, 0.1) is 5.92 Å². The van der Waals surface area contributed by atoms with Gasteiger partial charge >= 0.3 is 27.8 Å². The summed E-state index contributed by atoms with van der Waals surface area (Å²) in [5.74, 6) is -3.49. The van der Waals surface area contributed by atoms with Gasteiger partial charge in [0, 0.05) is 0 Å². The second kappa shape index (κ2) is 9.00. The van der Waals surface area contributed by atoms with E-state index in [2.05, 4.69) is 4.18 Å². The topological polar surface area (TPSA) is 80.7 Å². The molecule has 5 nitrogen and oxygen atoms in total. The van der Waals surface area contributed by atoms with E-state index in [1.165, 1.54) is 6.07 Å². The first kappa shape index (κ1) is 25.5. The third kappa shape index (κ3) is 6.15. The molecule has 0 fully saturated rings. The number of carboxylic acids is 1. The van der Waals surface area contributed by atoms with Gasteiger partial charge in [0.1, 0.15) is 5.75 Å². The summed E-state index contributed by atoms with van der Waals surface area (Å²) in [6.07, 6.45) is -4.56. The lowest BCUT2D eigenvalue weighted by atomic mass is 9.88. The first-order chi connectivity index (χ1) is 14.5. The number of hydrogen-bond acceptors (Lipinski definition) is 4. The molecule has 0 spiro atoms. The lowest BCUT2D eigenvalue weighted by Gasteiger charge is -2.18. The van der Waals surface area contributed by atoms with Crippen LogP contribution in [0.1, 0.15) is 37.3 Å². The SMILES string of the molecule is CC(C)CC(C(=O)O)c1cc(OS(=O)(=O)C(F)(F)F)cc(-c2ccc(C(F)(F)F)cc2)c1. The summed E-state index contributed by atoms with van der Waals surface area (Å²) in [7, 11) is -6.06. The highest BCUT2D eigenvalue weighted by molar-refractivity contribution is 7.88. The molecule has 1 unspecified atom stereocenters. The van der Waals surface area contributed by atoms with Crippen LogP contribution in [0.15, 0.2) is 42.5 Å². The Morgan fingerprint density at radius 2 is 1.53 bits per heavy atom. The molecule has 32 heavy (non-hydrogen) atoms. The Morgan fingerprint density at radius 3 is 1.97 bits per heavy atom. The van der Waals surface area contributed by atoms with Crippen LogP contribution in [0.25, 0.3) is 11.1 Å². The lowest BCUT2D eigenvalue weighted by molar-refractivity contribution is -0.139. The number of aliphatic carboxylic acids is 1. The van der Waals surface area contributed by atoms with Gasteiger partial charge in [0.25, 0.3) is 0 Å². The summed E-state index contributed by atoms with van der Waals surface area (Å²) < 4.78 is 104. The molecule has 0 radical (unpaired) electrons. The number of carbonyl (C=O) groups is 1. The molecule has 0 aliphatic rings. The third-order valence-corrected chi connectivity index (χ3v) is 5.35. The summed E-state index contributed by atoms with van der Waals surface area (Å²) in [5, 5.41) is 9.55. The van der Waals surface area contributed by atoms with Gasteiger partial charge in [-0.2, -0.15) is 34.8 Å². The van der Waals surface area contributed by atoms with Crippen molar-refractivity contribution in [3.05, 3.63) is 53.6 Å². The molecule has 2 rings (SSSR count). The molecule has 0 heterocycles. The number of halogens is 6. The van der Waals surface area contributed by atoms with E-state index in [9.17, 15) is 44.7 Å². The van der Waals surface area contributed by atoms with Crippen molar-refractivity contribution in [3.8, 4) is 16.9 Å². The van der Waals surface area contributed by atoms with E-state index in [1.807, 2.05) is 0 Å². The second-order valence-electron chi connectivity index (χ2n) is 7.37. The maximum absolute atomic E-state index is 12.8. The van der Waals surface area contributed by atoms with Gasteiger partial charge < -0.3 is 9.29 Å². The molecule has 0 aliphatic carbocycles. The minimum Gasteiger partial charge on any atom is -0.481 e. The molecule has 0 aromatic heterocycles. The number of carboxylic acid groups (broad SMARTS) is 1. The number of hydrogen-bond donors (Lipinski definition) is 1. The lowest BCUT2D eigenvalue weighted by Crippen LogP contribution is -2.28. The smallest absolute Gasteiger partial charge is 0.481 e. The van der Waals surface area contributed by atoms with Gasteiger partial charge in [-0.3, -0.25) is 4.79 Å². The average Bonchev–Trinajstić information content (AvgIpc) is 2.63. The Bertz CT molecular complexity index is 1070. The average molecular weight is 484 g/mol. The summed E-state index contributed by atoms with van der Waals surface area (Å²) in [6, 6.07) is 6.53. The molecule has 0 saturated carbocycles. The predicted octanol–water partition coefficient (Wildman–Crippen LogP) is 5.82. The highest BCUT2D eigenvalue weighted by atomic mass is 32.2. The van der Waals surface area contributed by atoms with Crippen LogP contribution in [0.5, 0.6) is 5.75 Å². The van der Waals surface area contributed by atoms with Gasteiger partial charge in [-0.1, -0.05) is 32.0 Å². The zero-order valence-corrected chi connectivity index (χ0v) is 17.5. The largest absolute Gasteiger partial charge is 0.534 e. The minimum absolute atomic E-state index is 0.0152. The quantitative estimate of drug-likeness (QED) is 0.305. The first-order valence-electron chi connectivity index (χ1n) is 9.07. The highest BCUT2D eigenvalue weighted by Crippen LogP contribution is 2.36. The summed E-state index contributed by atoms with van der Waals surface area (Å²) >= 11 is 0. The molecular weight excluding hydrogens is 466 g/mol. The molecule has 12 heteroatoms. The number of benzene rings is 2. The van der Waals surface area contributed by atoms with Gasteiger partial charge in [-0.05, 0) is 53.3 Å². The Morgan fingerprint density at radius 1 is 0.969 bits per heavy atom. The zero-order valence-electron chi connectivity index (χ0n) is 16.7. The van der Waals surface area contributed by atoms with Crippen LogP contribution in [-0.2, 0) is 21.1 Å². The van der Waals surface area contributed by atoms with Crippen molar-refractivity contribution < 1.29 is 48.8 Å². The van der Waals surface area contributed by atoms with Gasteiger partial charge in [0.05, 0.1) is 11.5 Å². The fourth-order valence-corrected chi connectivity index (χ4v) is 3.36. The standard InChI is InChI=1S/C20H18F6O5S/c1-11(2)7-17(18(27)28)14-8-13(12-3-5-15(6-4-12)19(21,22)23)9-16(10-14)31-32(29,30)20(24,25)26/h3-6,8-11,17H,7H2,1-2H3,(H,27,28). The molecule has 1 atom stereocenters. The van der Waals surface area contributed by atoms with Crippen molar-refractivity contribution in [2.24, 2.45) is 5.92 Å². The summed E-state index contributed by atoms with van der Waals surface area (Å²) in [5.41, 5.74) is -6.70. The van der Waals surface area contributed by atoms with E-state index in [1.54, 1.807) is 13.8 Å². The molecule has 0 saturated heterocycles. The molecule has 0 amide bonds. The van der Waals surface area contributed by atoms with E-state index >= 15 is 0 Å². The van der Waals surface area contributed by atoms with E-state index in [0.29, 0.717) is 0 Å².